The van der Waals surface area contributed by atoms with Crippen molar-refractivity contribution >= 4 is 41.7 Å². The standard InChI is InChI=1S/C16H25N3OS.HI/c1-3-20-15-9-5-4-7-13(15)11-18-16(17-2)19-12-14-8-6-10-21-14;/h4-5,7,9,14H,3,6,8,10-12H2,1-2H3,(H2,17,18,19);1H. The van der Waals surface area contributed by atoms with E-state index in [4.69, 9.17) is 4.74 Å². The van der Waals surface area contributed by atoms with Crippen molar-refractivity contribution in [1.82, 2.24) is 10.6 Å². The number of para-hydroxylation sites is 1. The predicted molar refractivity (Wildman–Crippen MR) is 107 cm³/mol. The molecule has 0 bridgehead atoms. The van der Waals surface area contributed by atoms with Gasteiger partial charge in [0.25, 0.3) is 0 Å². The van der Waals surface area contributed by atoms with Crippen molar-refractivity contribution in [2.75, 3.05) is 26.0 Å². The molecule has 1 saturated heterocycles. The van der Waals surface area contributed by atoms with Gasteiger partial charge < -0.3 is 15.4 Å². The first-order valence-electron chi connectivity index (χ1n) is 7.60. The van der Waals surface area contributed by atoms with E-state index in [1.54, 1.807) is 0 Å². The highest BCUT2D eigenvalue weighted by Gasteiger charge is 2.15. The van der Waals surface area contributed by atoms with Crippen LogP contribution in [0.1, 0.15) is 25.3 Å². The predicted octanol–water partition coefficient (Wildman–Crippen LogP) is 3.26. The molecule has 2 N–H and O–H groups in total. The maximum absolute atomic E-state index is 5.64. The number of rotatable bonds is 6. The summed E-state index contributed by atoms with van der Waals surface area (Å²) in [6.07, 6.45) is 2.65. The van der Waals surface area contributed by atoms with Gasteiger partial charge in [-0.3, -0.25) is 4.99 Å². The van der Waals surface area contributed by atoms with Crippen LogP contribution in [0, 0.1) is 0 Å². The molecule has 0 amide bonds. The van der Waals surface area contributed by atoms with E-state index in [9.17, 15) is 0 Å². The van der Waals surface area contributed by atoms with Crippen molar-refractivity contribution in [3.63, 3.8) is 0 Å². The fourth-order valence-corrected chi connectivity index (χ4v) is 3.56. The van der Waals surface area contributed by atoms with Gasteiger partial charge in [0.15, 0.2) is 5.96 Å². The molecule has 1 aliphatic rings. The summed E-state index contributed by atoms with van der Waals surface area (Å²) in [5.74, 6) is 3.09. The van der Waals surface area contributed by atoms with Crippen LogP contribution in [0.5, 0.6) is 5.75 Å². The number of guanidine groups is 1. The van der Waals surface area contributed by atoms with Crippen molar-refractivity contribution in [3.8, 4) is 5.75 Å². The van der Waals surface area contributed by atoms with Crippen LogP contribution in [0.4, 0.5) is 0 Å². The average Bonchev–Trinajstić information content (AvgIpc) is 3.02. The van der Waals surface area contributed by atoms with Crippen molar-refractivity contribution in [1.29, 1.82) is 0 Å². The molecule has 0 saturated carbocycles. The molecule has 1 heterocycles. The normalized spacial score (nSPS) is 17.7. The number of hydrogen-bond donors (Lipinski definition) is 2. The monoisotopic (exact) mass is 435 g/mol. The number of aliphatic imine (C=N–C) groups is 1. The summed E-state index contributed by atoms with van der Waals surface area (Å²) in [4.78, 5) is 4.28. The number of thioether (sulfide) groups is 1. The molecule has 1 unspecified atom stereocenters. The van der Waals surface area contributed by atoms with Gasteiger partial charge in [-0.25, -0.2) is 0 Å². The van der Waals surface area contributed by atoms with E-state index in [0.29, 0.717) is 13.2 Å². The topological polar surface area (TPSA) is 45.6 Å². The zero-order chi connectivity index (χ0) is 14.9. The maximum Gasteiger partial charge on any atom is 0.191 e. The van der Waals surface area contributed by atoms with Gasteiger partial charge in [0.2, 0.25) is 0 Å². The van der Waals surface area contributed by atoms with Crippen molar-refractivity contribution < 1.29 is 4.74 Å². The summed E-state index contributed by atoms with van der Waals surface area (Å²) in [7, 11) is 1.81. The summed E-state index contributed by atoms with van der Waals surface area (Å²) in [6, 6.07) is 8.12. The Balaban J connectivity index is 0.00000242. The molecule has 4 nitrogen and oxygen atoms in total. The van der Waals surface area contributed by atoms with Crippen LogP contribution in [0.3, 0.4) is 0 Å². The van der Waals surface area contributed by atoms with Gasteiger partial charge in [-0.05, 0) is 31.6 Å². The number of ether oxygens (including phenoxy) is 1. The average molecular weight is 435 g/mol. The van der Waals surface area contributed by atoms with Crippen LogP contribution in [0.25, 0.3) is 0 Å². The van der Waals surface area contributed by atoms with Gasteiger partial charge in [-0.2, -0.15) is 11.8 Å². The summed E-state index contributed by atoms with van der Waals surface area (Å²) < 4.78 is 5.64. The molecule has 1 aromatic carbocycles. The Kier molecular flexibility index (Phi) is 9.70. The molecule has 1 aliphatic heterocycles. The summed E-state index contributed by atoms with van der Waals surface area (Å²) in [5, 5.41) is 7.49. The quantitative estimate of drug-likeness (QED) is 0.409. The summed E-state index contributed by atoms with van der Waals surface area (Å²) >= 11 is 2.05. The molecular formula is C16H26IN3OS. The van der Waals surface area contributed by atoms with E-state index < -0.39 is 0 Å². The molecular weight excluding hydrogens is 409 g/mol. The zero-order valence-electron chi connectivity index (χ0n) is 13.3. The lowest BCUT2D eigenvalue weighted by atomic mass is 10.2. The van der Waals surface area contributed by atoms with Crippen LogP contribution >= 0.6 is 35.7 Å². The van der Waals surface area contributed by atoms with Gasteiger partial charge >= 0.3 is 0 Å². The first-order valence-corrected chi connectivity index (χ1v) is 8.65. The Morgan fingerprint density at radius 1 is 1.36 bits per heavy atom. The van der Waals surface area contributed by atoms with Crippen molar-refractivity contribution in [2.45, 2.75) is 31.6 Å². The van der Waals surface area contributed by atoms with E-state index in [0.717, 1.165) is 29.1 Å². The first kappa shape index (κ1) is 19.4. The lowest BCUT2D eigenvalue weighted by Gasteiger charge is -2.16. The highest BCUT2D eigenvalue weighted by molar-refractivity contribution is 14.0. The fraction of sp³-hybridized carbons (Fsp3) is 0.562. The largest absolute Gasteiger partial charge is 0.494 e. The lowest BCUT2D eigenvalue weighted by Crippen LogP contribution is -2.39. The Morgan fingerprint density at radius 3 is 2.86 bits per heavy atom. The molecule has 2 rings (SSSR count). The Labute approximate surface area is 154 Å². The van der Waals surface area contributed by atoms with Gasteiger partial charge in [-0.15, -0.1) is 24.0 Å². The van der Waals surface area contributed by atoms with Crippen molar-refractivity contribution in [2.24, 2.45) is 4.99 Å². The number of halogens is 1. The SMILES string of the molecule is CCOc1ccccc1CNC(=NC)NCC1CCCS1.I. The number of benzene rings is 1. The summed E-state index contributed by atoms with van der Waals surface area (Å²) in [5.41, 5.74) is 1.15. The number of nitrogens with zero attached hydrogens (tertiary/aromatic N) is 1. The maximum atomic E-state index is 5.64. The second kappa shape index (κ2) is 11.0. The van der Waals surface area contributed by atoms with Gasteiger partial charge in [0.05, 0.1) is 6.61 Å². The van der Waals surface area contributed by atoms with Crippen LogP contribution in [-0.2, 0) is 6.54 Å². The van der Waals surface area contributed by atoms with E-state index in [1.165, 1.54) is 18.6 Å². The molecule has 1 atom stereocenters. The molecule has 1 fully saturated rings. The van der Waals surface area contributed by atoms with E-state index >= 15 is 0 Å². The second-order valence-corrected chi connectivity index (χ2v) is 6.39. The summed E-state index contributed by atoms with van der Waals surface area (Å²) in [6.45, 7) is 4.39. The molecule has 1 aromatic rings. The molecule has 124 valence electrons. The van der Waals surface area contributed by atoms with Gasteiger partial charge in [0.1, 0.15) is 5.75 Å². The molecule has 0 aliphatic carbocycles. The number of hydrogen-bond acceptors (Lipinski definition) is 3. The number of nitrogens with one attached hydrogen (secondary N) is 2. The van der Waals surface area contributed by atoms with Gasteiger partial charge in [0, 0.05) is 31.0 Å². The van der Waals surface area contributed by atoms with E-state index in [-0.39, 0.29) is 24.0 Å². The zero-order valence-corrected chi connectivity index (χ0v) is 16.4. The Hall–Kier alpha value is -0.630. The Bertz CT molecular complexity index is 464. The third-order valence-corrected chi connectivity index (χ3v) is 4.86. The van der Waals surface area contributed by atoms with Crippen molar-refractivity contribution in [3.05, 3.63) is 29.8 Å². The highest BCUT2D eigenvalue weighted by Crippen LogP contribution is 2.25. The molecule has 22 heavy (non-hydrogen) atoms. The highest BCUT2D eigenvalue weighted by atomic mass is 127. The molecule has 0 radical (unpaired) electrons. The van der Waals surface area contributed by atoms with Crippen LogP contribution in [-0.4, -0.2) is 37.2 Å². The molecule has 6 heteroatoms. The van der Waals surface area contributed by atoms with E-state index in [1.807, 2.05) is 32.2 Å². The third-order valence-electron chi connectivity index (χ3n) is 3.46. The molecule has 0 aromatic heterocycles. The smallest absolute Gasteiger partial charge is 0.191 e. The lowest BCUT2D eigenvalue weighted by molar-refractivity contribution is 0.336. The second-order valence-electron chi connectivity index (χ2n) is 4.98. The Morgan fingerprint density at radius 2 is 2.18 bits per heavy atom. The minimum atomic E-state index is 0. The van der Waals surface area contributed by atoms with Crippen LogP contribution < -0.4 is 15.4 Å². The fourth-order valence-electron chi connectivity index (χ4n) is 2.36. The van der Waals surface area contributed by atoms with Crippen LogP contribution in [0.2, 0.25) is 0 Å². The van der Waals surface area contributed by atoms with E-state index in [2.05, 4.69) is 33.5 Å². The minimum absolute atomic E-state index is 0. The van der Waals surface area contributed by atoms with Gasteiger partial charge in [-0.1, -0.05) is 18.2 Å². The first-order chi connectivity index (χ1) is 10.3. The van der Waals surface area contributed by atoms with Crippen LogP contribution in [0.15, 0.2) is 29.3 Å². The third kappa shape index (κ3) is 6.24. The molecule has 0 spiro atoms. The minimum Gasteiger partial charge on any atom is -0.494 e.